The molecular formula is C23H30N4O2. The summed E-state index contributed by atoms with van der Waals surface area (Å²) in [5.74, 6) is 0.535. The molecule has 1 amide bonds. The van der Waals surface area contributed by atoms with E-state index < -0.39 is 0 Å². The fourth-order valence-electron chi connectivity index (χ4n) is 5.06. The zero-order valence-corrected chi connectivity index (χ0v) is 17.0. The molecule has 0 radical (unpaired) electrons. The number of anilines is 1. The first kappa shape index (κ1) is 18.7. The second kappa shape index (κ2) is 8.19. The van der Waals surface area contributed by atoms with Crippen molar-refractivity contribution >= 4 is 23.0 Å². The average Bonchev–Trinajstić information content (AvgIpc) is 3.24. The highest BCUT2D eigenvalue weighted by Gasteiger charge is 2.34. The Morgan fingerprint density at radius 2 is 1.90 bits per heavy atom. The van der Waals surface area contributed by atoms with Crippen molar-refractivity contribution in [1.29, 1.82) is 0 Å². The average molecular weight is 395 g/mol. The van der Waals surface area contributed by atoms with E-state index in [-0.39, 0.29) is 5.92 Å². The van der Waals surface area contributed by atoms with Crippen molar-refractivity contribution < 1.29 is 9.21 Å². The number of carbonyl (C=O) groups is 1. The largest absolute Gasteiger partial charge is 0.423 e. The summed E-state index contributed by atoms with van der Waals surface area (Å²) in [6.45, 7) is 5.64. The Kier molecular flexibility index (Phi) is 5.27. The van der Waals surface area contributed by atoms with Gasteiger partial charge in [-0.15, -0.1) is 0 Å². The molecule has 6 nitrogen and oxygen atoms in total. The molecule has 1 unspecified atom stereocenters. The fourth-order valence-corrected chi connectivity index (χ4v) is 5.06. The van der Waals surface area contributed by atoms with Gasteiger partial charge in [-0.05, 0) is 50.8 Å². The van der Waals surface area contributed by atoms with Crippen LogP contribution in [0.25, 0.3) is 11.1 Å². The normalized spacial score (nSPS) is 24.3. The van der Waals surface area contributed by atoms with Gasteiger partial charge < -0.3 is 14.2 Å². The van der Waals surface area contributed by atoms with E-state index in [0.717, 1.165) is 88.5 Å². The van der Waals surface area contributed by atoms with Gasteiger partial charge >= 0.3 is 0 Å². The molecule has 154 valence electrons. The number of amides is 1. The maximum absolute atomic E-state index is 12.9. The predicted octanol–water partition coefficient (Wildman–Crippen LogP) is 3.30. The molecule has 0 saturated carbocycles. The number of piperidine rings is 2. The lowest BCUT2D eigenvalue weighted by atomic mass is 9.92. The van der Waals surface area contributed by atoms with Gasteiger partial charge in [0.25, 0.3) is 6.01 Å². The Morgan fingerprint density at radius 1 is 1.03 bits per heavy atom. The summed E-state index contributed by atoms with van der Waals surface area (Å²) in [5.41, 5.74) is 1.78. The molecular weight excluding hydrogens is 364 g/mol. The summed E-state index contributed by atoms with van der Waals surface area (Å²) in [6.07, 6.45) is 9.68. The van der Waals surface area contributed by atoms with Crippen molar-refractivity contribution in [3.05, 3.63) is 36.4 Å². The number of para-hydroxylation sites is 2. The highest BCUT2D eigenvalue weighted by molar-refractivity contribution is 5.79. The molecule has 1 atom stereocenters. The third kappa shape index (κ3) is 3.90. The van der Waals surface area contributed by atoms with E-state index in [4.69, 9.17) is 4.42 Å². The lowest BCUT2D eigenvalue weighted by Gasteiger charge is -2.42. The number of carbonyl (C=O) groups excluding carboxylic acids is 1. The zero-order valence-electron chi connectivity index (χ0n) is 17.0. The van der Waals surface area contributed by atoms with Gasteiger partial charge in [0.05, 0.1) is 5.92 Å². The standard InChI is InChI=1S/C23H30N4O2/c28-22(25-12-4-1-5-13-25)18-7-6-14-27(17-18)19-10-15-26(16-11-19)23-24-20-8-2-3-9-21(20)29-23/h1-4,8-9,18-19H,5-7,10-17H2. The van der Waals surface area contributed by atoms with Crippen LogP contribution in [-0.4, -0.2) is 66.0 Å². The minimum absolute atomic E-state index is 0.172. The van der Waals surface area contributed by atoms with Crippen molar-refractivity contribution in [1.82, 2.24) is 14.8 Å². The molecule has 3 aliphatic heterocycles. The Hall–Kier alpha value is -2.34. The molecule has 0 N–H and O–H groups in total. The van der Waals surface area contributed by atoms with E-state index in [1.165, 1.54) is 0 Å². The molecule has 0 bridgehead atoms. The third-order valence-electron chi connectivity index (χ3n) is 6.71. The van der Waals surface area contributed by atoms with E-state index in [1.54, 1.807) is 0 Å². The number of rotatable bonds is 3. The topological polar surface area (TPSA) is 52.8 Å². The van der Waals surface area contributed by atoms with Gasteiger partial charge in [-0.1, -0.05) is 24.3 Å². The second-order valence-electron chi connectivity index (χ2n) is 8.56. The van der Waals surface area contributed by atoms with Crippen LogP contribution >= 0.6 is 0 Å². The Bertz CT molecular complexity index is 851. The van der Waals surface area contributed by atoms with E-state index in [2.05, 4.69) is 26.9 Å². The van der Waals surface area contributed by atoms with Crippen LogP contribution in [0.2, 0.25) is 0 Å². The molecule has 6 heteroatoms. The lowest BCUT2D eigenvalue weighted by Crippen LogP contribution is -2.51. The smallest absolute Gasteiger partial charge is 0.298 e. The van der Waals surface area contributed by atoms with E-state index in [0.29, 0.717) is 11.9 Å². The number of hydrogen-bond donors (Lipinski definition) is 0. The molecule has 1 aromatic heterocycles. The SMILES string of the molecule is O=C(C1CCCN(C2CCN(c3nc4ccccc4o3)CC2)C1)N1CC=CCC1. The van der Waals surface area contributed by atoms with Gasteiger partial charge in [0.2, 0.25) is 5.91 Å². The van der Waals surface area contributed by atoms with Crippen LogP contribution in [0.4, 0.5) is 6.01 Å². The molecule has 2 fully saturated rings. The first-order valence-corrected chi connectivity index (χ1v) is 11.1. The van der Waals surface area contributed by atoms with E-state index in [9.17, 15) is 4.79 Å². The molecule has 29 heavy (non-hydrogen) atoms. The summed E-state index contributed by atoms with van der Waals surface area (Å²) in [5, 5.41) is 0. The van der Waals surface area contributed by atoms with Gasteiger partial charge in [0.15, 0.2) is 5.58 Å². The van der Waals surface area contributed by atoms with Gasteiger partial charge in [0.1, 0.15) is 5.52 Å². The van der Waals surface area contributed by atoms with Crippen molar-refractivity contribution in [2.75, 3.05) is 44.2 Å². The maximum Gasteiger partial charge on any atom is 0.298 e. The Morgan fingerprint density at radius 3 is 2.69 bits per heavy atom. The Labute approximate surface area is 172 Å². The van der Waals surface area contributed by atoms with Crippen LogP contribution in [-0.2, 0) is 4.79 Å². The molecule has 1 aromatic carbocycles. The number of likely N-dealkylation sites (tertiary alicyclic amines) is 1. The lowest BCUT2D eigenvalue weighted by molar-refractivity contribution is -0.137. The third-order valence-corrected chi connectivity index (χ3v) is 6.71. The molecule has 2 saturated heterocycles. The first-order chi connectivity index (χ1) is 14.3. The molecule has 4 heterocycles. The van der Waals surface area contributed by atoms with Gasteiger partial charge in [0, 0.05) is 38.8 Å². The van der Waals surface area contributed by atoms with Crippen LogP contribution in [0.1, 0.15) is 32.1 Å². The predicted molar refractivity (Wildman–Crippen MR) is 114 cm³/mol. The number of nitrogens with zero attached hydrogens (tertiary/aromatic N) is 4. The van der Waals surface area contributed by atoms with Crippen molar-refractivity contribution in [2.24, 2.45) is 5.92 Å². The molecule has 0 spiro atoms. The minimum atomic E-state index is 0.172. The first-order valence-electron chi connectivity index (χ1n) is 11.1. The van der Waals surface area contributed by atoms with Gasteiger partial charge in [-0.3, -0.25) is 9.69 Å². The quantitative estimate of drug-likeness (QED) is 0.748. The number of aromatic nitrogens is 1. The van der Waals surface area contributed by atoms with E-state index >= 15 is 0 Å². The van der Waals surface area contributed by atoms with E-state index in [1.807, 2.05) is 29.2 Å². The van der Waals surface area contributed by atoms with Crippen molar-refractivity contribution in [2.45, 2.75) is 38.1 Å². The Balaban J connectivity index is 1.18. The van der Waals surface area contributed by atoms with Crippen LogP contribution in [0, 0.1) is 5.92 Å². The fraction of sp³-hybridized carbons (Fsp3) is 0.565. The van der Waals surface area contributed by atoms with Crippen LogP contribution in [0.5, 0.6) is 0 Å². The monoisotopic (exact) mass is 394 g/mol. The van der Waals surface area contributed by atoms with Crippen LogP contribution in [0.3, 0.4) is 0 Å². The molecule has 5 rings (SSSR count). The number of benzene rings is 1. The summed E-state index contributed by atoms with van der Waals surface area (Å²) < 4.78 is 5.95. The highest BCUT2D eigenvalue weighted by Crippen LogP contribution is 2.28. The molecule has 3 aliphatic rings. The summed E-state index contributed by atoms with van der Waals surface area (Å²) in [4.78, 5) is 24.5. The molecule has 2 aromatic rings. The summed E-state index contributed by atoms with van der Waals surface area (Å²) in [6, 6.07) is 9.26. The maximum atomic E-state index is 12.9. The zero-order chi connectivity index (χ0) is 19.6. The number of fused-ring (bicyclic) bond motifs is 1. The molecule has 0 aliphatic carbocycles. The highest BCUT2D eigenvalue weighted by atomic mass is 16.4. The minimum Gasteiger partial charge on any atom is -0.423 e. The van der Waals surface area contributed by atoms with Gasteiger partial charge in [-0.2, -0.15) is 4.98 Å². The van der Waals surface area contributed by atoms with Gasteiger partial charge in [-0.25, -0.2) is 0 Å². The van der Waals surface area contributed by atoms with Crippen molar-refractivity contribution in [3.63, 3.8) is 0 Å². The summed E-state index contributed by atoms with van der Waals surface area (Å²) >= 11 is 0. The van der Waals surface area contributed by atoms with Crippen LogP contribution < -0.4 is 4.90 Å². The number of hydrogen-bond acceptors (Lipinski definition) is 5. The second-order valence-corrected chi connectivity index (χ2v) is 8.56. The van der Waals surface area contributed by atoms with Crippen molar-refractivity contribution in [3.8, 4) is 0 Å². The summed E-state index contributed by atoms with van der Waals surface area (Å²) in [7, 11) is 0. The van der Waals surface area contributed by atoms with Crippen LogP contribution in [0.15, 0.2) is 40.8 Å². The number of oxazole rings is 1.